The van der Waals surface area contributed by atoms with Crippen molar-refractivity contribution >= 4 is 10.0 Å². The minimum atomic E-state index is -3.66. The molecule has 2 heterocycles. The summed E-state index contributed by atoms with van der Waals surface area (Å²) in [5, 5.41) is 6.36. The van der Waals surface area contributed by atoms with E-state index in [2.05, 4.69) is 19.7 Å². The summed E-state index contributed by atoms with van der Waals surface area (Å²) in [7, 11) is -1.91. The summed E-state index contributed by atoms with van der Waals surface area (Å²) in [5.41, 5.74) is 0.501. The molecule has 2 aromatic rings. The fraction of sp³-hybridized carbons (Fsp3) is 0.300. The average Bonchev–Trinajstić information content (AvgIpc) is 2.98. The number of rotatable bonds is 6. The highest BCUT2D eigenvalue weighted by atomic mass is 32.2. The van der Waals surface area contributed by atoms with Gasteiger partial charge in [-0.2, -0.15) is 0 Å². The van der Waals surface area contributed by atoms with E-state index in [1.807, 2.05) is 0 Å². The van der Waals surface area contributed by atoms with Crippen LogP contribution in [-0.4, -0.2) is 20.6 Å². The van der Waals surface area contributed by atoms with Crippen LogP contribution >= 0.6 is 0 Å². The standard InChI is InChI=1S/C10H13N3O4S/c1-11-7-9-2-3-10(17-9)18(14,15)12-6-8-4-5-16-13-8/h2-5,11-12H,6-7H2,1H3. The van der Waals surface area contributed by atoms with Gasteiger partial charge in [-0.15, -0.1) is 0 Å². The lowest BCUT2D eigenvalue weighted by molar-refractivity contribution is 0.401. The smallest absolute Gasteiger partial charge is 0.274 e. The third-order valence-electron chi connectivity index (χ3n) is 2.19. The second-order valence-electron chi connectivity index (χ2n) is 3.57. The van der Waals surface area contributed by atoms with Crippen LogP contribution < -0.4 is 10.0 Å². The van der Waals surface area contributed by atoms with Crippen molar-refractivity contribution in [1.29, 1.82) is 0 Å². The first-order valence-electron chi connectivity index (χ1n) is 5.24. The lowest BCUT2D eigenvalue weighted by atomic mass is 10.4. The quantitative estimate of drug-likeness (QED) is 0.792. The molecule has 18 heavy (non-hydrogen) atoms. The monoisotopic (exact) mass is 271 g/mol. The Morgan fingerprint density at radius 1 is 1.28 bits per heavy atom. The fourth-order valence-electron chi connectivity index (χ4n) is 1.34. The number of hydrogen-bond acceptors (Lipinski definition) is 6. The zero-order valence-electron chi connectivity index (χ0n) is 9.71. The zero-order valence-corrected chi connectivity index (χ0v) is 10.5. The van der Waals surface area contributed by atoms with Gasteiger partial charge in [0.05, 0.1) is 18.8 Å². The van der Waals surface area contributed by atoms with E-state index in [9.17, 15) is 8.42 Å². The van der Waals surface area contributed by atoms with Crippen LogP contribution in [0.1, 0.15) is 11.5 Å². The fourth-order valence-corrected chi connectivity index (χ4v) is 2.28. The summed E-state index contributed by atoms with van der Waals surface area (Å²) in [6, 6.07) is 4.61. The number of furan rings is 1. The van der Waals surface area contributed by atoms with Gasteiger partial charge in [0.15, 0.2) is 0 Å². The molecule has 7 nitrogen and oxygen atoms in total. The van der Waals surface area contributed by atoms with E-state index in [4.69, 9.17) is 4.42 Å². The van der Waals surface area contributed by atoms with Crippen molar-refractivity contribution in [2.24, 2.45) is 0 Å². The highest BCUT2D eigenvalue weighted by molar-refractivity contribution is 7.89. The molecule has 0 saturated carbocycles. The molecule has 2 rings (SSSR count). The molecular formula is C10H13N3O4S. The molecule has 0 fully saturated rings. The number of nitrogens with zero attached hydrogens (tertiary/aromatic N) is 1. The number of aromatic nitrogens is 1. The highest BCUT2D eigenvalue weighted by Crippen LogP contribution is 2.13. The van der Waals surface area contributed by atoms with Gasteiger partial charge in [0.2, 0.25) is 5.09 Å². The minimum absolute atomic E-state index is 0.0564. The van der Waals surface area contributed by atoms with Crippen LogP contribution in [0.4, 0.5) is 0 Å². The van der Waals surface area contributed by atoms with E-state index < -0.39 is 10.0 Å². The van der Waals surface area contributed by atoms with E-state index in [-0.39, 0.29) is 11.6 Å². The van der Waals surface area contributed by atoms with Gasteiger partial charge in [0.25, 0.3) is 10.0 Å². The van der Waals surface area contributed by atoms with Crippen molar-refractivity contribution in [2.45, 2.75) is 18.2 Å². The number of hydrogen-bond donors (Lipinski definition) is 2. The minimum Gasteiger partial charge on any atom is -0.447 e. The maximum atomic E-state index is 11.9. The predicted molar refractivity (Wildman–Crippen MR) is 62.0 cm³/mol. The molecule has 0 aromatic carbocycles. The van der Waals surface area contributed by atoms with Gasteiger partial charge in [0.1, 0.15) is 12.0 Å². The Morgan fingerprint density at radius 2 is 2.11 bits per heavy atom. The van der Waals surface area contributed by atoms with Crippen molar-refractivity contribution in [1.82, 2.24) is 15.2 Å². The molecule has 2 aromatic heterocycles. The van der Waals surface area contributed by atoms with Gasteiger partial charge in [-0.1, -0.05) is 5.16 Å². The van der Waals surface area contributed by atoms with E-state index >= 15 is 0 Å². The summed E-state index contributed by atoms with van der Waals surface area (Å²) in [6.07, 6.45) is 1.38. The molecule has 0 aliphatic carbocycles. The second-order valence-corrected chi connectivity index (χ2v) is 5.26. The Labute approximate surface area is 104 Å². The van der Waals surface area contributed by atoms with Gasteiger partial charge < -0.3 is 14.3 Å². The van der Waals surface area contributed by atoms with E-state index in [1.165, 1.54) is 12.3 Å². The number of sulfonamides is 1. The van der Waals surface area contributed by atoms with Gasteiger partial charge >= 0.3 is 0 Å². The first kappa shape index (κ1) is 12.8. The molecule has 0 radical (unpaired) electrons. The topological polar surface area (TPSA) is 97.4 Å². The Balaban J connectivity index is 2.05. The van der Waals surface area contributed by atoms with Crippen molar-refractivity contribution in [3.63, 3.8) is 0 Å². The zero-order chi connectivity index (χ0) is 13.0. The first-order chi connectivity index (χ1) is 8.62. The third-order valence-corrected chi connectivity index (χ3v) is 3.46. The van der Waals surface area contributed by atoms with Crippen molar-refractivity contribution in [3.05, 3.63) is 35.9 Å². The molecular weight excluding hydrogens is 258 g/mol. The molecule has 0 saturated heterocycles. The molecule has 0 bridgehead atoms. The van der Waals surface area contributed by atoms with Crippen LogP contribution in [0.5, 0.6) is 0 Å². The average molecular weight is 271 g/mol. The van der Waals surface area contributed by atoms with Gasteiger partial charge in [-0.05, 0) is 19.2 Å². The molecule has 8 heteroatoms. The molecule has 0 atom stereocenters. The van der Waals surface area contributed by atoms with E-state index in [0.29, 0.717) is 18.0 Å². The Bertz CT molecular complexity index is 588. The molecule has 0 amide bonds. The van der Waals surface area contributed by atoms with E-state index in [0.717, 1.165) is 0 Å². The summed E-state index contributed by atoms with van der Waals surface area (Å²) in [4.78, 5) is 0. The molecule has 2 N–H and O–H groups in total. The predicted octanol–water partition coefficient (Wildman–Crippen LogP) is 0.465. The maximum Gasteiger partial charge on any atom is 0.274 e. The van der Waals surface area contributed by atoms with Gasteiger partial charge in [-0.3, -0.25) is 0 Å². The molecule has 0 spiro atoms. The molecule has 0 unspecified atom stereocenters. The summed E-state index contributed by atoms with van der Waals surface area (Å²) >= 11 is 0. The summed E-state index contributed by atoms with van der Waals surface area (Å²) in [6.45, 7) is 0.527. The highest BCUT2D eigenvalue weighted by Gasteiger charge is 2.18. The lowest BCUT2D eigenvalue weighted by Gasteiger charge is -2.01. The second kappa shape index (κ2) is 5.34. The van der Waals surface area contributed by atoms with Crippen LogP contribution in [0.2, 0.25) is 0 Å². The van der Waals surface area contributed by atoms with Crippen LogP contribution in [0, 0.1) is 0 Å². The molecule has 98 valence electrons. The summed E-state index contributed by atoms with van der Waals surface area (Å²) in [5.74, 6) is 0.555. The maximum absolute atomic E-state index is 11.9. The van der Waals surface area contributed by atoms with Gasteiger partial charge in [-0.25, -0.2) is 13.1 Å². The van der Waals surface area contributed by atoms with Crippen molar-refractivity contribution in [3.8, 4) is 0 Å². The Hall–Kier alpha value is -1.64. The van der Waals surface area contributed by atoms with Crippen molar-refractivity contribution in [2.75, 3.05) is 7.05 Å². The normalized spacial score (nSPS) is 11.8. The molecule has 0 aliphatic heterocycles. The SMILES string of the molecule is CNCc1ccc(S(=O)(=O)NCc2ccon2)o1. The first-order valence-corrected chi connectivity index (χ1v) is 6.72. The molecule has 0 aliphatic rings. The lowest BCUT2D eigenvalue weighted by Crippen LogP contribution is -2.22. The summed E-state index contributed by atoms with van der Waals surface area (Å²) < 4.78 is 35.9. The largest absolute Gasteiger partial charge is 0.447 e. The van der Waals surface area contributed by atoms with E-state index in [1.54, 1.807) is 19.2 Å². The number of nitrogens with one attached hydrogen (secondary N) is 2. The van der Waals surface area contributed by atoms with Crippen LogP contribution in [0.25, 0.3) is 0 Å². The van der Waals surface area contributed by atoms with Crippen LogP contribution in [-0.2, 0) is 23.1 Å². The van der Waals surface area contributed by atoms with Gasteiger partial charge in [0, 0.05) is 6.07 Å². The van der Waals surface area contributed by atoms with Crippen LogP contribution in [0.15, 0.2) is 38.5 Å². The Morgan fingerprint density at radius 3 is 2.78 bits per heavy atom. The Kier molecular flexibility index (Phi) is 3.80. The van der Waals surface area contributed by atoms with Crippen molar-refractivity contribution < 1.29 is 17.4 Å². The third kappa shape index (κ3) is 2.97. The van der Waals surface area contributed by atoms with Crippen LogP contribution in [0.3, 0.4) is 0 Å².